The highest BCUT2D eigenvalue weighted by Gasteiger charge is 2.53. The van der Waals surface area contributed by atoms with E-state index in [9.17, 15) is 34.2 Å². The number of aromatic nitrogens is 4. The zero-order valence-electron chi connectivity index (χ0n) is 42.5. The van der Waals surface area contributed by atoms with Crippen molar-refractivity contribution in [1.29, 1.82) is 0 Å². The minimum absolute atomic E-state index is 0.0197. The molecule has 2 N–H and O–H groups in total. The van der Waals surface area contributed by atoms with Gasteiger partial charge in [0, 0.05) is 58.5 Å². The van der Waals surface area contributed by atoms with Gasteiger partial charge in [-0.3, -0.25) is 19.2 Å². The van der Waals surface area contributed by atoms with E-state index in [2.05, 4.69) is 15.5 Å². The summed E-state index contributed by atoms with van der Waals surface area (Å²) in [5.74, 6) is -7.89. The molecular weight excluding hydrogens is 887 g/mol. The molecule has 1 aromatic heterocycles. The molecule has 17 heteroatoms. The quantitative estimate of drug-likeness (QED) is 0.235. The minimum Gasteiger partial charge on any atom is -0.460 e. The molecule has 69 heavy (non-hydrogen) atoms. The van der Waals surface area contributed by atoms with Crippen molar-refractivity contribution >= 4 is 29.2 Å². The molecule has 15 atom stereocenters. The maximum absolute atomic E-state index is 14.5. The van der Waals surface area contributed by atoms with E-state index in [1.54, 1.807) is 52.1 Å². The molecule has 0 radical (unpaired) electrons. The molecule has 2 bridgehead atoms. The number of carbonyl (C=O) groups is 5. The number of esters is 1. The highest BCUT2D eigenvalue weighted by molar-refractivity contribution is 6.39. The molecule has 384 valence electrons. The lowest BCUT2D eigenvalue weighted by Crippen LogP contribution is -2.61. The summed E-state index contributed by atoms with van der Waals surface area (Å²) in [5, 5.41) is 35.2. The Morgan fingerprint density at radius 1 is 0.899 bits per heavy atom. The second-order valence-corrected chi connectivity index (χ2v) is 20.4. The lowest BCUT2D eigenvalue weighted by Gasteiger charge is -2.42. The van der Waals surface area contributed by atoms with Crippen molar-refractivity contribution in [2.45, 2.75) is 180 Å². The number of tetrazole rings is 1. The molecule has 17 nitrogen and oxygen atoms in total. The molecule has 1 amide bonds. The molecule has 1 aliphatic carbocycles. The summed E-state index contributed by atoms with van der Waals surface area (Å²) < 4.78 is 31.6. The fourth-order valence-electron chi connectivity index (χ4n) is 10.8. The van der Waals surface area contributed by atoms with E-state index in [1.807, 2.05) is 58.1 Å². The molecule has 3 fully saturated rings. The molecule has 0 aromatic carbocycles. The van der Waals surface area contributed by atoms with Crippen LogP contribution in [0.2, 0.25) is 0 Å². The smallest absolute Gasteiger partial charge is 0.329 e. The van der Waals surface area contributed by atoms with E-state index in [0.29, 0.717) is 56.9 Å². The van der Waals surface area contributed by atoms with Gasteiger partial charge in [0.2, 0.25) is 5.79 Å². The number of cyclic esters (lactones) is 1. The molecule has 1 aromatic rings. The number of allylic oxidation sites excluding steroid dienone is 6. The molecule has 0 spiro atoms. The van der Waals surface area contributed by atoms with Gasteiger partial charge in [-0.05, 0) is 117 Å². The molecule has 4 heterocycles. The molecule has 2 unspecified atom stereocenters. The molecule has 5 rings (SSSR count). The fourth-order valence-corrected chi connectivity index (χ4v) is 10.8. The van der Waals surface area contributed by atoms with Crippen molar-refractivity contribution in [3.63, 3.8) is 0 Å². The third-order valence-electron chi connectivity index (χ3n) is 15.2. The van der Waals surface area contributed by atoms with Crippen LogP contribution >= 0.6 is 0 Å². The van der Waals surface area contributed by atoms with Crippen molar-refractivity contribution in [3.05, 3.63) is 53.9 Å². The van der Waals surface area contributed by atoms with Crippen LogP contribution < -0.4 is 0 Å². The SMILES string of the molecule is CO[C@H]1C[C@@H]2CC[C@@H](C)[C@@](O)(O2)C(=O)C(=O)N2CCCCC2C(=O)O[C@H]([C@H](C)C[C@@H]2CC[C@@H](n3cnnn3)[C@H](OC)C2)CC(=O)C(C)=CC(C)[C@@H](O)[C@@H](OC)C(=O)[C@@H](C)C[C@H](C)C=CC=CC=C1C. The standard InChI is InChI=1S/C52H79N5O12/c1-31-16-12-11-13-17-32(2)43(65-8)28-39-21-19-37(7)52(64,69-39)49(61)50(62)56-23-15-14-18-41(56)51(63)68-44(34(4)26-38-20-22-40(45(27-38)66-9)57-30-53-54-55-57)29-42(58)33(3)25-36(6)47(60)48(67-10)46(59)35(5)24-31/h11-13,16-17,25,30-31,34-41,43-45,47-48,60,64H,14-15,18-24,26-29H2,1-10H3/t31-,34-,35+,36?,37-,38+,39+,40-,41?,43+,44+,45-,47-,48+,52-/m1/s1. The molecule has 1 saturated carbocycles. The van der Waals surface area contributed by atoms with Gasteiger partial charge >= 0.3 is 5.97 Å². The van der Waals surface area contributed by atoms with E-state index < -0.39 is 77.8 Å². The number of rotatable bonds is 7. The van der Waals surface area contributed by atoms with Crippen molar-refractivity contribution in [2.75, 3.05) is 27.9 Å². The Labute approximate surface area is 408 Å². The minimum atomic E-state index is -2.43. The van der Waals surface area contributed by atoms with Crippen molar-refractivity contribution in [1.82, 2.24) is 25.1 Å². The number of carbonyl (C=O) groups excluding carboxylic acids is 5. The van der Waals surface area contributed by atoms with Gasteiger partial charge in [0.05, 0.1) is 30.5 Å². The van der Waals surface area contributed by atoms with E-state index >= 15 is 0 Å². The summed E-state index contributed by atoms with van der Waals surface area (Å²) in [4.78, 5) is 72.3. The number of hydrogen-bond acceptors (Lipinski definition) is 15. The number of Topliss-reactive ketones (excluding diaryl/α,β-unsaturated/α-hetero) is 3. The van der Waals surface area contributed by atoms with Crippen LogP contribution in [-0.2, 0) is 47.7 Å². The Hall–Kier alpha value is -4.26. The maximum Gasteiger partial charge on any atom is 0.329 e. The number of methoxy groups -OCH3 is 3. The van der Waals surface area contributed by atoms with Crippen LogP contribution in [0.25, 0.3) is 0 Å². The van der Waals surface area contributed by atoms with E-state index in [1.165, 1.54) is 12.0 Å². The largest absolute Gasteiger partial charge is 0.460 e. The lowest BCUT2D eigenvalue weighted by molar-refractivity contribution is -0.265. The van der Waals surface area contributed by atoms with E-state index in [4.69, 9.17) is 23.7 Å². The van der Waals surface area contributed by atoms with E-state index in [0.717, 1.165) is 18.4 Å². The summed E-state index contributed by atoms with van der Waals surface area (Å²) >= 11 is 0. The van der Waals surface area contributed by atoms with Gasteiger partial charge in [-0.2, -0.15) is 0 Å². The van der Waals surface area contributed by atoms with Gasteiger partial charge in [0.1, 0.15) is 24.6 Å². The predicted molar refractivity (Wildman–Crippen MR) is 256 cm³/mol. The normalized spacial score (nSPS) is 36.3. The highest BCUT2D eigenvalue weighted by Crippen LogP contribution is 2.39. The number of ether oxygens (including phenoxy) is 5. The van der Waals surface area contributed by atoms with Crippen LogP contribution in [0, 0.1) is 35.5 Å². The average molecular weight is 966 g/mol. The number of piperidine rings is 1. The first-order chi connectivity index (χ1) is 32.8. The van der Waals surface area contributed by atoms with Gasteiger partial charge in [-0.15, -0.1) is 5.10 Å². The first kappa shape index (κ1) is 55.7. The Balaban J connectivity index is 1.46. The zero-order chi connectivity index (χ0) is 50.6. The monoisotopic (exact) mass is 966 g/mol. The van der Waals surface area contributed by atoms with Gasteiger partial charge in [0.25, 0.3) is 11.7 Å². The topological polar surface area (TPSA) is 219 Å². The molecule has 2 saturated heterocycles. The number of aliphatic hydroxyl groups is 2. The van der Waals surface area contributed by atoms with Crippen LogP contribution in [0.1, 0.15) is 132 Å². The van der Waals surface area contributed by atoms with Crippen LogP contribution in [-0.4, -0.2) is 141 Å². The second-order valence-electron chi connectivity index (χ2n) is 20.4. The first-order valence-corrected chi connectivity index (χ1v) is 25.0. The lowest BCUT2D eigenvalue weighted by atomic mass is 9.77. The van der Waals surface area contributed by atoms with Gasteiger partial charge in [0.15, 0.2) is 11.6 Å². The Morgan fingerprint density at radius 3 is 2.33 bits per heavy atom. The molecular formula is C52H79N5O12. The summed E-state index contributed by atoms with van der Waals surface area (Å²) in [6.45, 7) is 12.8. The summed E-state index contributed by atoms with van der Waals surface area (Å²) in [5.41, 5.74) is 1.20. The Bertz CT molecular complexity index is 2020. The number of aliphatic hydroxyl groups excluding tert-OH is 1. The fraction of sp³-hybridized carbons (Fsp3) is 0.731. The van der Waals surface area contributed by atoms with Gasteiger partial charge in [-0.1, -0.05) is 71.1 Å². The number of amides is 1. The molecule has 3 aliphatic heterocycles. The van der Waals surface area contributed by atoms with E-state index in [-0.39, 0.29) is 60.9 Å². The van der Waals surface area contributed by atoms with Crippen LogP contribution in [0.15, 0.2) is 53.9 Å². The summed E-state index contributed by atoms with van der Waals surface area (Å²) in [6.07, 6.45) is 14.0. The third-order valence-corrected chi connectivity index (χ3v) is 15.2. The maximum atomic E-state index is 14.5. The highest BCUT2D eigenvalue weighted by atomic mass is 16.6. The first-order valence-electron chi connectivity index (χ1n) is 25.0. The number of fused-ring (bicyclic) bond motifs is 3. The van der Waals surface area contributed by atoms with Crippen molar-refractivity contribution in [2.24, 2.45) is 35.5 Å². The average Bonchev–Trinajstić information content (AvgIpc) is 3.88. The number of nitrogens with zero attached hydrogens (tertiary/aromatic N) is 5. The van der Waals surface area contributed by atoms with Crippen LogP contribution in [0.4, 0.5) is 0 Å². The second kappa shape index (κ2) is 25.7. The van der Waals surface area contributed by atoms with Crippen molar-refractivity contribution in [3.8, 4) is 0 Å². The van der Waals surface area contributed by atoms with Crippen LogP contribution in [0.5, 0.6) is 0 Å². The third kappa shape index (κ3) is 14.2. The Morgan fingerprint density at radius 2 is 1.65 bits per heavy atom. The molecule has 4 aliphatic rings. The van der Waals surface area contributed by atoms with Gasteiger partial charge < -0.3 is 38.8 Å². The van der Waals surface area contributed by atoms with Crippen LogP contribution in [0.3, 0.4) is 0 Å². The number of ketones is 3. The predicted octanol–water partition coefficient (Wildman–Crippen LogP) is 6.05. The Kier molecular flexibility index (Phi) is 20.8. The number of hydrogen-bond donors (Lipinski definition) is 2. The summed E-state index contributed by atoms with van der Waals surface area (Å²) in [7, 11) is 4.63. The zero-order valence-corrected chi connectivity index (χ0v) is 42.5. The van der Waals surface area contributed by atoms with Gasteiger partial charge in [-0.25, -0.2) is 9.48 Å². The van der Waals surface area contributed by atoms with Crippen molar-refractivity contribution < 1.29 is 57.9 Å². The summed E-state index contributed by atoms with van der Waals surface area (Å²) in [6, 6.07) is -1.20.